The first-order valence-corrected chi connectivity index (χ1v) is 9.88. The molecule has 1 rings (SSSR count). The Morgan fingerprint density at radius 1 is 0.833 bits per heavy atom. The van der Waals surface area contributed by atoms with Crippen LogP contribution in [-0.2, 0) is 4.43 Å². The van der Waals surface area contributed by atoms with Crippen LogP contribution in [0.15, 0.2) is 0 Å². The summed E-state index contributed by atoms with van der Waals surface area (Å²) in [5.74, 6) is 0.415. The van der Waals surface area contributed by atoms with Gasteiger partial charge in [-0.05, 0) is 29.5 Å². The van der Waals surface area contributed by atoms with Gasteiger partial charge < -0.3 is 4.43 Å². The smallest absolute Gasteiger partial charge is 0.200 e. The zero-order valence-electron chi connectivity index (χ0n) is 13.2. The standard InChI is InChI=1S/C15H31BOSi/c1-11(2)18(12(3)4,13(5)6)17-15-9-7-14(16)8-10-15/h11-15H,7-10H2,1-6H3. The average molecular weight is 266 g/mol. The third-order valence-corrected chi connectivity index (χ3v) is 11.0. The molecule has 0 saturated heterocycles. The molecule has 0 bridgehead atoms. The molecule has 0 amide bonds. The molecule has 1 aliphatic rings. The summed E-state index contributed by atoms with van der Waals surface area (Å²) in [4.78, 5) is 0. The van der Waals surface area contributed by atoms with Crippen LogP contribution < -0.4 is 0 Å². The van der Waals surface area contributed by atoms with Gasteiger partial charge in [0.2, 0.25) is 8.32 Å². The normalized spacial score (nSPS) is 26.3. The van der Waals surface area contributed by atoms with Crippen LogP contribution in [0, 0.1) is 0 Å². The third kappa shape index (κ3) is 3.41. The Kier molecular flexibility index (Phi) is 5.98. The summed E-state index contributed by atoms with van der Waals surface area (Å²) in [6, 6.07) is 0. The zero-order valence-corrected chi connectivity index (χ0v) is 14.2. The molecule has 0 aliphatic heterocycles. The van der Waals surface area contributed by atoms with Gasteiger partial charge in [-0.25, -0.2) is 0 Å². The molecule has 104 valence electrons. The summed E-state index contributed by atoms with van der Waals surface area (Å²) in [7, 11) is 4.32. The average Bonchev–Trinajstić information content (AvgIpc) is 2.26. The van der Waals surface area contributed by atoms with E-state index in [1.807, 2.05) is 0 Å². The second kappa shape index (κ2) is 6.60. The fourth-order valence-electron chi connectivity index (χ4n) is 3.90. The summed E-state index contributed by atoms with van der Waals surface area (Å²) < 4.78 is 6.80. The fourth-order valence-corrected chi connectivity index (χ4v) is 9.53. The molecule has 1 aliphatic carbocycles. The molecule has 1 fully saturated rings. The Hall–Kier alpha value is 0.242. The molecule has 0 spiro atoms. The van der Waals surface area contributed by atoms with Crippen molar-refractivity contribution < 1.29 is 4.43 Å². The highest BCUT2D eigenvalue weighted by atomic mass is 28.4. The highest BCUT2D eigenvalue weighted by Crippen LogP contribution is 2.44. The molecule has 0 N–H and O–H groups in total. The van der Waals surface area contributed by atoms with Crippen LogP contribution in [0.5, 0.6) is 0 Å². The second-order valence-corrected chi connectivity index (χ2v) is 12.4. The Bertz CT molecular complexity index is 223. The molecule has 0 heterocycles. The highest BCUT2D eigenvalue weighted by molar-refractivity contribution is 6.77. The van der Waals surface area contributed by atoms with E-state index in [0.717, 1.165) is 12.8 Å². The van der Waals surface area contributed by atoms with E-state index in [2.05, 4.69) is 41.5 Å². The van der Waals surface area contributed by atoms with E-state index < -0.39 is 8.32 Å². The Morgan fingerprint density at radius 2 is 1.22 bits per heavy atom. The first kappa shape index (κ1) is 16.3. The molecular weight excluding hydrogens is 235 g/mol. The van der Waals surface area contributed by atoms with Crippen molar-refractivity contribution >= 4 is 16.2 Å². The van der Waals surface area contributed by atoms with Crippen molar-refractivity contribution in [1.82, 2.24) is 0 Å². The van der Waals surface area contributed by atoms with Crippen molar-refractivity contribution in [2.75, 3.05) is 0 Å². The van der Waals surface area contributed by atoms with Gasteiger partial charge in [-0.1, -0.05) is 60.2 Å². The molecule has 0 aromatic carbocycles. The summed E-state index contributed by atoms with van der Waals surface area (Å²) in [5, 5.41) is 0. The highest BCUT2D eigenvalue weighted by Gasteiger charge is 2.46. The van der Waals surface area contributed by atoms with E-state index in [9.17, 15) is 0 Å². The van der Waals surface area contributed by atoms with Crippen molar-refractivity contribution in [3.63, 3.8) is 0 Å². The quantitative estimate of drug-likeness (QED) is 0.631. The van der Waals surface area contributed by atoms with Crippen LogP contribution >= 0.6 is 0 Å². The van der Waals surface area contributed by atoms with Crippen molar-refractivity contribution in [3.05, 3.63) is 0 Å². The number of rotatable bonds is 5. The summed E-state index contributed by atoms with van der Waals surface area (Å²) >= 11 is 0. The maximum atomic E-state index is 6.80. The molecule has 0 aromatic heterocycles. The van der Waals surface area contributed by atoms with Crippen LogP contribution in [0.3, 0.4) is 0 Å². The Balaban J connectivity index is 2.78. The molecule has 3 heteroatoms. The number of hydrogen-bond donors (Lipinski definition) is 0. The predicted molar refractivity (Wildman–Crippen MR) is 83.9 cm³/mol. The molecule has 0 aromatic rings. The molecule has 0 atom stereocenters. The van der Waals surface area contributed by atoms with E-state index in [1.54, 1.807) is 0 Å². The molecule has 0 unspecified atom stereocenters. The van der Waals surface area contributed by atoms with Gasteiger partial charge in [0.25, 0.3) is 0 Å². The van der Waals surface area contributed by atoms with E-state index in [0.29, 0.717) is 28.5 Å². The van der Waals surface area contributed by atoms with Crippen LogP contribution in [0.25, 0.3) is 0 Å². The molecule has 1 saturated carbocycles. The van der Waals surface area contributed by atoms with Crippen LogP contribution in [0.4, 0.5) is 0 Å². The lowest BCUT2D eigenvalue weighted by Crippen LogP contribution is -2.50. The minimum Gasteiger partial charge on any atom is -0.413 e. The molecule has 1 nitrogen and oxygen atoms in total. The van der Waals surface area contributed by atoms with Gasteiger partial charge in [-0.2, -0.15) is 0 Å². The van der Waals surface area contributed by atoms with Crippen molar-refractivity contribution in [2.45, 2.75) is 95.8 Å². The van der Waals surface area contributed by atoms with E-state index in [4.69, 9.17) is 12.3 Å². The largest absolute Gasteiger partial charge is 0.413 e. The minimum absolute atomic E-state index is 0.415. The lowest BCUT2D eigenvalue weighted by molar-refractivity contribution is 0.132. The molecular formula is C15H31BOSi. The van der Waals surface area contributed by atoms with E-state index >= 15 is 0 Å². The molecule has 2 radical (unpaired) electrons. The van der Waals surface area contributed by atoms with E-state index in [-0.39, 0.29) is 0 Å². The van der Waals surface area contributed by atoms with Crippen molar-refractivity contribution in [3.8, 4) is 0 Å². The molecule has 18 heavy (non-hydrogen) atoms. The SMILES string of the molecule is [B]C1CCC(O[Si](C(C)C)(C(C)C)C(C)C)CC1. The van der Waals surface area contributed by atoms with Gasteiger partial charge in [0, 0.05) is 6.10 Å². The second-order valence-electron chi connectivity index (χ2n) is 6.97. The third-order valence-electron chi connectivity index (χ3n) is 4.80. The van der Waals surface area contributed by atoms with Crippen molar-refractivity contribution in [1.29, 1.82) is 0 Å². The topological polar surface area (TPSA) is 9.23 Å². The first-order chi connectivity index (χ1) is 8.30. The van der Waals surface area contributed by atoms with Gasteiger partial charge in [0.05, 0.1) is 7.85 Å². The maximum Gasteiger partial charge on any atom is 0.200 e. The van der Waals surface area contributed by atoms with Gasteiger partial charge in [0.1, 0.15) is 0 Å². The number of hydrogen-bond acceptors (Lipinski definition) is 1. The Morgan fingerprint density at radius 3 is 1.56 bits per heavy atom. The van der Waals surface area contributed by atoms with E-state index in [1.165, 1.54) is 12.8 Å². The Labute approximate surface area is 117 Å². The first-order valence-electron chi connectivity index (χ1n) is 7.74. The monoisotopic (exact) mass is 266 g/mol. The summed E-state index contributed by atoms with van der Waals surface area (Å²) in [5.41, 5.74) is 2.06. The van der Waals surface area contributed by atoms with Crippen LogP contribution in [0.1, 0.15) is 67.2 Å². The minimum atomic E-state index is -1.68. The lowest BCUT2D eigenvalue weighted by Gasteiger charge is -2.45. The fraction of sp³-hybridized carbons (Fsp3) is 1.00. The summed E-state index contributed by atoms with van der Waals surface area (Å²) in [6.07, 6.45) is 5.10. The van der Waals surface area contributed by atoms with Gasteiger partial charge in [0.15, 0.2) is 0 Å². The van der Waals surface area contributed by atoms with Crippen LogP contribution in [-0.4, -0.2) is 22.3 Å². The predicted octanol–water partition coefficient (Wildman–Crippen LogP) is 5.08. The zero-order chi connectivity index (χ0) is 13.9. The van der Waals surface area contributed by atoms with Gasteiger partial charge in [-0.15, -0.1) is 0 Å². The maximum absolute atomic E-state index is 6.80. The van der Waals surface area contributed by atoms with Crippen LogP contribution in [0.2, 0.25) is 22.4 Å². The van der Waals surface area contributed by atoms with Crippen molar-refractivity contribution in [2.24, 2.45) is 0 Å². The van der Waals surface area contributed by atoms with Gasteiger partial charge >= 0.3 is 0 Å². The van der Waals surface area contributed by atoms with Gasteiger partial charge in [-0.3, -0.25) is 0 Å². The summed E-state index contributed by atoms with van der Waals surface area (Å²) in [6.45, 7) is 14.2. The lowest BCUT2D eigenvalue weighted by atomic mass is 9.75.